The molecule has 24 heavy (non-hydrogen) atoms. The molecule has 0 radical (unpaired) electrons. The Balaban J connectivity index is 1.90. The molecule has 6 nitrogen and oxygen atoms in total. The number of rotatable bonds is 6. The van der Waals surface area contributed by atoms with E-state index in [-0.39, 0.29) is 17.7 Å². The number of aliphatic carboxylic acids is 1. The molecule has 3 N–H and O–H groups in total. The van der Waals surface area contributed by atoms with E-state index in [2.05, 4.69) is 10.6 Å². The summed E-state index contributed by atoms with van der Waals surface area (Å²) in [5, 5.41) is 14.7. The molecule has 1 aromatic carbocycles. The van der Waals surface area contributed by atoms with Crippen molar-refractivity contribution in [2.45, 2.75) is 39.2 Å². The van der Waals surface area contributed by atoms with Crippen LogP contribution in [-0.4, -0.2) is 29.4 Å². The van der Waals surface area contributed by atoms with Crippen molar-refractivity contribution in [2.24, 2.45) is 11.8 Å². The van der Waals surface area contributed by atoms with Crippen LogP contribution in [0, 0.1) is 11.8 Å². The maximum absolute atomic E-state index is 12.3. The van der Waals surface area contributed by atoms with Crippen LogP contribution < -0.4 is 10.6 Å². The second-order valence-electron chi connectivity index (χ2n) is 6.18. The molecule has 2 atom stereocenters. The van der Waals surface area contributed by atoms with E-state index in [0.717, 1.165) is 18.4 Å². The summed E-state index contributed by atoms with van der Waals surface area (Å²) in [6.45, 7) is 2.75. The highest BCUT2D eigenvalue weighted by Crippen LogP contribution is 2.29. The summed E-state index contributed by atoms with van der Waals surface area (Å²) in [6, 6.07) is 7.12. The Labute approximate surface area is 141 Å². The van der Waals surface area contributed by atoms with Gasteiger partial charge in [-0.2, -0.15) is 0 Å². The number of carboxylic acid groups (broad SMARTS) is 1. The lowest BCUT2D eigenvalue weighted by molar-refractivity contribution is -0.144. The van der Waals surface area contributed by atoms with Crippen LogP contribution in [0.15, 0.2) is 24.3 Å². The first-order valence-electron chi connectivity index (χ1n) is 8.39. The van der Waals surface area contributed by atoms with Crippen molar-refractivity contribution in [2.75, 3.05) is 6.54 Å². The molecule has 0 bridgehead atoms. The van der Waals surface area contributed by atoms with E-state index < -0.39 is 11.9 Å². The summed E-state index contributed by atoms with van der Waals surface area (Å²) < 4.78 is 0. The summed E-state index contributed by atoms with van der Waals surface area (Å²) in [5.41, 5.74) is 1.41. The first-order valence-corrected chi connectivity index (χ1v) is 8.39. The third-order valence-electron chi connectivity index (χ3n) is 4.39. The second-order valence-corrected chi connectivity index (χ2v) is 6.18. The van der Waals surface area contributed by atoms with E-state index in [4.69, 9.17) is 5.11 Å². The molecule has 2 unspecified atom stereocenters. The van der Waals surface area contributed by atoms with Gasteiger partial charge >= 0.3 is 5.97 Å². The topological polar surface area (TPSA) is 95.5 Å². The summed E-state index contributed by atoms with van der Waals surface area (Å²) in [7, 11) is 0. The van der Waals surface area contributed by atoms with Crippen LogP contribution in [0.3, 0.4) is 0 Å². The van der Waals surface area contributed by atoms with Crippen LogP contribution in [0.5, 0.6) is 0 Å². The van der Waals surface area contributed by atoms with Gasteiger partial charge in [0.15, 0.2) is 0 Å². The van der Waals surface area contributed by atoms with Crippen molar-refractivity contribution in [3.8, 4) is 0 Å². The Morgan fingerprint density at radius 1 is 1.17 bits per heavy atom. The fraction of sp³-hybridized carbons (Fsp3) is 0.500. The Morgan fingerprint density at radius 2 is 1.92 bits per heavy atom. The van der Waals surface area contributed by atoms with Gasteiger partial charge in [0.25, 0.3) is 5.91 Å². The summed E-state index contributed by atoms with van der Waals surface area (Å²) in [5.74, 6) is -1.73. The number of hydrogen-bond acceptors (Lipinski definition) is 3. The molecule has 1 saturated carbocycles. The van der Waals surface area contributed by atoms with Gasteiger partial charge in [-0.15, -0.1) is 0 Å². The van der Waals surface area contributed by atoms with Gasteiger partial charge in [0, 0.05) is 24.6 Å². The van der Waals surface area contributed by atoms with E-state index >= 15 is 0 Å². The Kier molecular flexibility index (Phi) is 6.35. The van der Waals surface area contributed by atoms with E-state index in [9.17, 15) is 14.4 Å². The zero-order valence-electron chi connectivity index (χ0n) is 13.9. The van der Waals surface area contributed by atoms with Gasteiger partial charge in [0.1, 0.15) is 0 Å². The number of hydrogen-bond donors (Lipinski definition) is 3. The van der Waals surface area contributed by atoms with E-state index in [1.54, 1.807) is 18.2 Å². The van der Waals surface area contributed by atoms with Crippen LogP contribution in [0.25, 0.3) is 0 Å². The standard InChI is InChI=1S/C18H24N2O4/c1-2-19-16(21)13-6-3-5-12(9-13)11-20-17(22)14-7-4-8-15(10-14)18(23)24/h3,5-6,9,14-15H,2,4,7-8,10-11H2,1H3,(H,19,21)(H,20,22)(H,23,24). The van der Waals surface area contributed by atoms with Crippen LogP contribution >= 0.6 is 0 Å². The molecule has 1 aliphatic carbocycles. The molecule has 1 aliphatic rings. The lowest BCUT2D eigenvalue weighted by Gasteiger charge is -2.25. The number of carboxylic acids is 1. The number of carbonyl (C=O) groups excluding carboxylic acids is 2. The maximum atomic E-state index is 12.3. The fourth-order valence-electron chi connectivity index (χ4n) is 3.07. The summed E-state index contributed by atoms with van der Waals surface area (Å²) in [6.07, 6.45) is 2.55. The van der Waals surface area contributed by atoms with Crippen molar-refractivity contribution in [1.29, 1.82) is 0 Å². The molecule has 0 heterocycles. The predicted octanol–water partition coefficient (Wildman–Crippen LogP) is 1.94. The van der Waals surface area contributed by atoms with Gasteiger partial charge in [0.2, 0.25) is 5.91 Å². The van der Waals surface area contributed by atoms with Crippen molar-refractivity contribution < 1.29 is 19.5 Å². The smallest absolute Gasteiger partial charge is 0.306 e. The van der Waals surface area contributed by atoms with E-state index in [0.29, 0.717) is 31.5 Å². The minimum atomic E-state index is -0.817. The van der Waals surface area contributed by atoms with Crippen LogP contribution in [0.4, 0.5) is 0 Å². The first kappa shape index (κ1) is 18.0. The molecule has 2 amide bonds. The zero-order chi connectivity index (χ0) is 17.5. The molecule has 1 fully saturated rings. The average molecular weight is 332 g/mol. The second kappa shape index (κ2) is 8.47. The Bertz CT molecular complexity index is 615. The molecule has 2 rings (SSSR count). The number of amides is 2. The minimum absolute atomic E-state index is 0.107. The van der Waals surface area contributed by atoms with Gasteiger partial charge < -0.3 is 15.7 Å². The molecule has 0 saturated heterocycles. The van der Waals surface area contributed by atoms with Crippen molar-refractivity contribution in [3.05, 3.63) is 35.4 Å². The maximum Gasteiger partial charge on any atom is 0.306 e. The highest BCUT2D eigenvalue weighted by Gasteiger charge is 2.30. The van der Waals surface area contributed by atoms with E-state index in [1.807, 2.05) is 13.0 Å². The molecule has 130 valence electrons. The lowest BCUT2D eigenvalue weighted by atomic mass is 9.81. The van der Waals surface area contributed by atoms with Crippen LogP contribution in [0.1, 0.15) is 48.5 Å². The van der Waals surface area contributed by atoms with Gasteiger partial charge in [-0.25, -0.2) is 0 Å². The average Bonchev–Trinajstić information content (AvgIpc) is 2.60. The first-order chi connectivity index (χ1) is 11.5. The van der Waals surface area contributed by atoms with Crippen molar-refractivity contribution >= 4 is 17.8 Å². The molecular weight excluding hydrogens is 308 g/mol. The molecular formula is C18H24N2O4. The van der Waals surface area contributed by atoms with Gasteiger partial charge in [0.05, 0.1) is 5.92 Å². The van der Waals surface area contributed by atoms with Crippen LogP contribution in [-0.2, 0) is 16.1 Å². The fourth-order valence-corrected chi connectivity index (χ4v) is 3.07. The largest absolute Gasteiger partial charge is 0.481 e. The third kappa shape index (κ3) is 4.81. The molecule has 1 aromatic rings. The van der Waals surface area contributed by atoms with Crippen molar-refractivity contribution in [1.82, 2.24) is 10.6 Å². The zero-order valence-corrected chi connectivity index (χ0v) is 13.9. The monoisotopic (exact) mass is 332 g/mol. The predicted molar refractivity (Wildman–Crippen MR) is 89.4 cm³/mol. The highest BCUT2D eigenvalue weighted by molar-refractivity contribution is 5.94. The third-order valence-corrected chi connectivity index (χ3v) is 4.39. The Hall–Kier alpha value is -2.37. The van der Waals surface area contributed by atoms with E-state index in [1.165, 1.54) is 0 Å². The van der Waals surface area contributed by atoms with Gasteiger partial charge in [-0.3, -0.25) is 14.4 Å². The van der Waals surface area contributed by atoms with Crippen LogP contribution in [0.2, 0.25) is 0 Å². The minimum Gasteiger partial charge on any atom is -0.481 e. The summed E-state index contributed by atoms with van der Waals surface area (Å²) >= 11 is 0. The summed E-state index contributed by atoms with van der Waals surface area (Å²) in [4.78, 5) is 35.2. The van der Waals surface area contributed by atoms with Crippen molar-refractivity contribution in [3.63, 3.8) is 0 Å². The molecule has 0 aliphatic heterocycles. The number of carbonyl (C=O) groups is 3. The highest BCUT2D eigenvalue weighted by atomic mass is 16.4. The SMILES string of the molecule is CCNC(=O)c1cccc(CNC(=O)C2CCCC(C(=O)O)C2)c1. The van der Waals surface area contributed by atoms with Gasteiger partial charge in [-0.1, -0.05) is 18.6 Å². The molecule has 6 heteroatoms. The molecule has 0 spiro atoms. The number of nitrogens with one attached hydrogen (secondary N) is 2. The van der Waals surface area contributed by atoms with Gasteiger partial charge in [-0.05, 0) is 43.9 Å². The lowest BCUT2D eigenvalue weighted by Crippen LogP contribution is -2.35. The number of benzene rings is 1. The normalized spacial score (nSPS) is 20.2. The molecule has 0 aromatic heterocycles. The Morgan fingerprint density at radius 3 is 2.62 bits per heavy atom. The quantitative estimate of drug-likeness (QED) is 0.742.